The van der Waals surface area contributed by atoms with Crippen molar-refractivity contribution in [2.24, 2.45) is 5.92 Å². The lowest BCUT2D eigenvalue weighted by atomic mass is 10.0. The predicted octanol–water partition coefficient (Wildman–Crippen LogP) is 0.0552. The molecule has 1 aliphatic rings. The van der Waals surface area contributed by atoms with E-state index in [1.165, 1.54) is 22.8 Å². The number of aromatic nitrogens is 1. The van der Waals surface area contributed by atoms with Crippen LogP contribution in [0, 0.1) is 5.92 Å². The zero-order valence-corrected chi connectivity index (χ0v) is 11.0. The Morgan fingerprint density at radius 2 is 2.33 bits per heavy atom. The molecule has 0 aromatic carbocycles. The quantitative estimate of drug-likeness (QED) is 0.810. The molecule has 1 saturated heterocycles. The van der Waals surface area contributed by atoms with E-state index in [1.807, 2.05) is 6.92 Å². The lowest BCUT2D eigenvalue weighted by Crippen LogP contribution is -2.40. The van der Waals surface area contributed by atoms with E-state index >= 15 is 0 Å². The Bertz CT molecular complexity index is 532. The van der Waals surface area contributed by atoms with E-state index in [0.29, 0.717) is 6.54 Å². The molecular formula is C11H17N3O3S. The summed E-state index contributed by atoms with van der Waals surface area (Å²) in [5.74, 6) is 0.141. The fourth-order valence-electron chi connectivity index (χ4n) is 2.27. The van der Waals surface area contributed by atoms with E-state index in [1.54, 1.807) is 0 Å². The third-order valence-electron chi connectivity index (χ3n) is 3.42. The molecule has 0 aliphatic carbocycles. The second kappa shape index (κ2) is 4.83. The number of hydrogen-bond donors (Lipinski definition) is 2. The minimum atomic E-state index is -3.68. The molecule has 0 radical (unpaired) electrons. The number of nitrogen functional groups attached to an aromatic ring is 1. The first-order valence-corrected chi connectivity index (χ1v) is 7.24. The van der Waals surface area contributed by atoms with Crippen molar-refractivity contribution in [3.8, 4) is 0 Å². The SMILES string of the molecule is CC1CCN(S(=O)(=O)c2cnccc2N)C1CO. The molecule has 0 bridgehead atoms. The molecule has 2 unspecified atom stereocenters. The first kappa shape index (κ1) is 13.3. The van der Waals surface area contributed by atoms with Crippen LogP contribution in [-0.2, 0) is 10.0 Å². The molecule has 18 heavy (non-hydrogen) atoms. The summed E-state index contributed by atoms with van der Waals surface area (Å²) in [6.07, 6.45) is 3.44. The van der Waals surface area contributed by atoms with E-state index in [2.05, 4.69) is 4.98 Å². The van der Waals surface area contributed by atoms with Crippen molar-refractivity contribution in [3.05, 3.63) is 18.5 Å². The van der Waals surface area contributed by atoms with Crippen LogP contribution in [-0.4, -0.2) is 42.0 Å². The van der Waals surface area contributed by atoms with Crippen LogP contribution < -0.4 is 5.73 Å². The molecule has 1 fully saturated rings. The third kappa shape index (κ3) is 2.09. The maximum absolute atomic E-state index is 12.5. The van der Waals surface area contributed by atoms with Crippen LogP contribution in [0.15, 0.2) is 23.4 Å². The summed E-state index contributed by atoms with van der Waals surface area (Å²) in [4.78, 5) is 3.82. The molecule has 1 aliphatic heterocycles. The Morgan fingerprint density at radius 3 is 2.94 bits per heavy atom. The largest absolute Gasteiger partial charge is 0.398 e. The predicted molar refractivity (Wildman–Crippen MR) is 67.2 cm³/mol. The van der Waals surface area contributed by atoms with E-state index in [-0.39, 0.29) is 29.1 Å². The third-order valence-corrected chi connectivity index (χ3v) is 5.39. The van der Waals surface area contributed by atoms with Crippen LogP contribution >= 0.6 is 0 Å². The normalized spacial score (nSPS) is 25.4. The highest BCUT2D eigenvalue weighted by Crippen LogP contribution is 2.31. The molecule has 7 heteroatoms. The Morgan fingerprint density at radius 1 is 1.61 bits per heavy atom. The van der Waals surface area contributed by atoms with E-state index in [9.17, 15) is 13.5 Å². The number of aliphatic hydroxyl groups excluding tert-OH is 1. The first-order valence-electron chi connectivity index (χ1n) is 5.80. The number of hydrogen-bond acceptors (Lipinski definition) is 5. The van der Waals surface area contributed by atoms with E-state index in [4.69, 9.17) is 5.73 Å². The number of anilines is 1. The van der Waals surface area contributed by atoms with E-state index < -0.39 is 10.0 Å². The van der Waals surface area contributed by atoms with Gasteiger partial charge in [-0.3, -0.25) is 4.98 Å². The Kier molecular flexibility index (Phi) is 3.56. The van der Waals surface area contributed by atoms with Crippen LogP contribution in [0.3, 0.4) is 0 Å². The minimum Gasteiger partial charge on any atom is -0.398 e. The van der Waals surface area contributed by atoms with Crippen molar-refractivity contribution >= 4 is 15.7 Å². The number of rotatable bonds is 3. The van der Waals surface area contributed by atoms with Gasteiger partial charge >= 0.3 is 0 Å². The van der Waals surface area contributed by atoms with Gasteiger partial charge in [-0.05, 0) is 18.4 Å². The molecule has 0 amide bonds. The van der Waals surface area contributed by atoms with Crippen molar-refractivity contribution < 1.29 is 13.5 Å². The lowest BCUT2D eigenvalue weighted by Gasteiger charge is -2.24. The highest BCUT2D eigenvalue weighted by Gasteiger charge is 2.39. The molecule has 0 spiro atoms. The number of nitrogens with zero attached hydrogens (tertiary/aromatic N) is 2. The lowest BCUT2D eigenvalue weighted by molar-refractivity contribution is 0.191. The number of sulfonamides is 1. The number of pyridine rings is 1. The van der Waals surface area contributed by atoms with Gasteiger partial charge in [0.2, 0.25) is 10.0 Å². The smallest absolute Gasteiger partial charge is 0.247 e. The molecule has 2 rings (SSSR count). The van der Waals surface area contributed by atoms with Crippen molar-refractivity contribution in [3.63, 3.8) is 0 Å². The summed E-state index contributed by atoms with van der Waals surface area (Å²) < 4.78 is 26.3. The van der Waals surface area contributed by atoms with Gasteiger partial charge in [-0.15, -0.1) is 0 Å². The molecule has 6 nitrogen and oxygen atoms in total. The Balaban J connectivity index is 2.41. The standard InChI is InChI=1S/C11H17N3O3S/c1-8-3-5-14(10(8)7-15)18(16,17)11-6-13-4-2-9(11)12/h2,4,6,8,10,15H,3,5,7H2,1H3,(H2,12,13). The highest BCUT2D eigenvalue weighted by molar-refractivity contribution is 7.89. The summed E-state index contributed by atoms with van der Waals surface area (Å²) in [7, 11) is -3.68. The second-order valence-electron chi connectivity index (χ2n) is 4.55. The summed E-state index contributed by atoms with van der Waals surface area (Å²) in [6.45, 7) is 2.16. The highest BCUT2D eigenvalue weighted by atomic mass is 32.2. The molecular weight excluding hydrogens is 254 g/mol. The number of aliphatic hydroxyl groups is 1. The Hall–Kier alpha value is -1.18. The molecule has 3 N–H and O–H groups in total. The summed E-state index contributed by atoms with van der Waals surface area (Å²) in [5, 5.41) is 9.33. The van der Waals surface area contributed by atoms with Crippen molar-refractivity contribution in [1.82, 2.24) is 9.29 Å². The van der Waals surface area contributed by atoms with Gasteiger partial charge in [0.1, 0.15) is 4.90 Å². The van der Waals surface area contributed by atoms with Gasteiger partial charge < -0.3 is 10.8 Å². The topological polar surface area (TPSA) is 96.5 Å². The fraction of sp³-hybridized carbons (Fsp3) is 0.545. The maximum atomic E-state index is 12.5. The molecule has 2 heterocycles. The zero-order valence-electron chi connectivity index (χ0n) is 10.2. The van der Waals surface area contributed by atoms with E-state index in [0.717, 1.165) is 6.42 Å². The molecule has 0 saturated carbocycles. The summed E-state index contributed by atoms with van der Waals surface area (Å²) >= 11 is 0. The van der Waals surface area contributed by atoms with Crippen LogP contribution in [0.1, 0.15) is 13.3 Å². The molecule has 1 aromatic heterocycles. The van der Waals surface area contributed by atoms with Gasteiger partial charge in [0.15, 0.2) is 0 Å². The van der Waals surface area contributed by atoms with Crippen LogP contribution in [0.2, 0.25) is 0 Å². The van der Waals surface area contributed by atoms with Gasteiger partial charge in [0, 0.05) is 18.9 Å². The monoisotopic (exact) mass is 271 g/mol. The number of nitrogens with two attached hydrogens (primary N) is 1. The molecule has 2 atom stereocenters. The summed E-state index contributed by atoms with van der Waals surface area (Å²) in [6, 6.07) is 1.08. The Labute approximate surface area is 106 Å². The van der Waals surface area contributed by atoms with Crippen molar-refractivity contribution in [2.75, 3.05) is 18.9 Å². The van der Waals surface area contributed by atoms with Crippen molar-refractivity contribution in [1.29, 1.82) is 0 Å². The van der Waals surface area contributed by atoms with Crippen molar-refractivity contribution in [2.45, 2.75) is 24.3 Å². The summed E-state index contributed by atoms with van der Waals surface area (Å²) in [5.41, 5.74) is 5.87. The fourth-order valence-corrected chi connectivity index (χ4v) is 4.06. The molecule has 1 aromatic rings. The first-order chi connectivity index (χ1) is 8.48. The zero-order chi connectivity index (χ0) is 13.3. The molecule has 100 valence electrons. The van der Waals surface area contributed by atoms with Gasteiger partial charge in [-0.1, -0.05) is 6.92 Å². The van der Waals surface area contributed by atoms with Gasteiger partial charge in [0.05, 0.1) is 18.3 Å². The average molecular weight is 271 g/mol. The second-order valence-corrected chi connectivity index (χ2v) is 6.40. The van der Waals surface area contributed by atoms with Crippen LogP contribution in [0.5, 0.6) is 0 Å². The minimum absolute atomic E-state index is 0.0116. The maximum Gasteiger partial charge on any atom is 0.247 e. The average Bonchev–Trinajstić information content (AvgIpc) is 2.71. The van der Waals surface area contributed by atoms with Gasteiger partial charge in [0.25, 0.3) is 0 Å². The van der Waals surface area contributed by atoms with Gasteiger partial charge in [-0.25, -0.2) is 8.42 Å². The van der Waals surface area contributed by atoms with Gasteiger partial charge in [-0.2, -0.15) is 4.31 Å². The van der Waals surface area contributed by atoms with Crippen LogP contribution in [0.25, 0.3) is 0 Å². The van der Waals surface area contributed by atoms with Crippen LogP contribution in [0.4, 0.5) is 5.69 Å².